The first-order chi connectivity index (χ1) is 9.51. The van der Waals surface area contributed by atoms with Crippen LogP contribution in [0.2, 0.25) is 15.1 Å². The van der Waals surface area contributed by atoms with Crippen LogP contribution in [0.5, 0.6) is 0 Å². The zero-order chi connectivity index (χ0) is 14.7. The van der Waals surface area contributed by atoms with Crippen molar-refractivity contribution in [2.24, 2.45) is 5.84 Å². The van der Waals surface area contributed by atoms with Crippen molar-refractivity contribution < 1.29 is 4.79 Å². The van der Waals surface area contributed by atoms with Gasteiger partial charge in [0.1, 0.15) is 5.69 Å². The van der Waals surface area contributed by atoms with E-state index in [0.29, 0.717) is 10.7 Å². The maximum Gasteiger partial charge on any atom is 0.274 e. The number of hydrazine groups is 1. The van der Waals surface area contributed by atoms with Gasteiger partial charge in [0.05, 0.1) is 27.6 Å². The highest BCUT2D eigenvalue weighted by Crippen LogP contribution is 2.33. The molecule has 104 valence electrons. The molecule has 1 aromatic heterocycles. The van der Waals surface area contributed by atoms with E-state index in [-0.39, 0.29) is 21.4 Å². The van der Waals surface area contributed by atoms with E-state index in [1.54, 1.807) is 6.07 Å². The minimum Gasteiger partial charge on any atom is -0.323 e. The largest absolute Gasteiger partial charge is 0.323 e. The Morgan fingerprint density at radius 1 is 1.15 bits per heavy atom. The number of nitrogen functional groups attached to an aromatic ring is 1. The predicted octanol–water partition coefficient (Wildman–Crippen LogP) is 3.58. The number of nitrogens with two attached hydrogens (primary N) is 1. The molecule has 4 N–H and O–H groups in total. The molecule has 0 unspecified atom stereocenters. The molecule has 1 aromatic carbocycles. The highest BCUT2D eigenvalue weighted by atomic mass is 35.5. The third-order valence-corrected chi connectivity index (χ3v) is 3.22. The lowest BCUT2D eigenvalue weighted by Gasteiger charge is -2.09. The van der Waals surface area contributed by atoms with E-state index in [4.69, 9.17) is 40.6 Å². The molecule has 0 bridgehead atoms. The van der Waals surface area contributed by atoms with Gasteiger partial charge in [-0.2, -0.15) is 0 Å². The first-order valence-electron chi connectivity index (χ1n) is 5.40. The molecule has 0 aliphatic carbocycles. The molecule has 8 heteroatoms. The Labute approximate surface area is 130 Å². The van der Waals surface area contributed by atoms with Gasteiger partial charge >= 0.3 is 0 Å². The minimum absolute atomic E-state index is 0.200. The Kier molecular flexibility index (Phi) is 4.67. The number of benzene rings is 1. The van der Waals surface area contributed by atoms with Gasteiger partial charge in [-0.25, -0.2) is 4.98 Å². The molecule has 2 aromatic rings. The second kappa shape index (κ2) is 6.28. The Bertz CT molecular complexity index is 623. The molecule has 2 rings (SSSR count). The maximum atomic E-state index is 12.0. The van der Waals surface area contributed by atoms with Gasteiger partial charge in [-0.1, -0.05) is 34.8 Å². The minimum atomic E-state index is -0.445. The summed E-state index contributed by atoms with van der Waals surface area (Å²) in [6, 6.07) is 6.11. The lowest BCUT2D eigenvalue weighted by atomic mass is 10.2. The Morgan fingerprint density at radius 2 is 1.80 bits per heavy atom. The average Bonchev–Trinajstić information content (AvgIpc) is 2.42. The summed E-state index contributed by atoms with van der Waals surface area (Å²) in [5.41, 5.74) is 3.49. The summed E-state index contributed by atoms with van der Waals surface area (Å²) >= 11 is 17.8. The molecule has 0 saturated carbocycles. The summed E-state index contributed by atoms with van der Waals surface area (Å²) in [4.78, 5) is 16.0. The smallest absolute Gasteiger partial charge is 0.274 e. The number of aromatic nitrogens is 1. The molecular weight excluding hydrogens is 323 g/mol. The third-order valence-electron chi connectivity index (χ3n) is 2.41. The fourth-order valence-corrected chi connectivity index (χ4v) is 2.36. The fraction of sp³-hybridized carbons (Fsp3) is 0. The van der Waals surface area contributed by atoms with Gasteiger partial charge in [0.25, 0.3) is 5.91 Å². The highest BCUT2D eigenvalue weighted by molar-refractivity contribution is 6.42. The van der Waals surface area contributed by atoms with Crippen molar-refractivity contribution in [3.05, 3.63) is 51.2 Å². The zero-order valence-corrected chi connectivity index (χ0v) is 12.2. The van der Waals surface area contributed by atoms with Crippen LogP contribution in [-0.4, -0.2) is 10.9 Å². The monoisotopic (exact) mass is 330 g/mol. The molecule has 0 saturated heterocycles. The van der Waals surface area contributed by atoms with Gasteiger partial charge < -0.3 is 10.7 Å². The molecule has 0 fully saturated rings. The molecule has 0 aliphatic heterocycles. The van der Waals surface area contributed by atoms with Crippen LogP contribution in [0.25, 0.3) is 0 Å². The first-order valence-corrected chi connectivity index (χ1v) is 6.53. The molecule has 0 radical (unpaired) electrons. The molecular formula is C12H9Cl3N4O. The van der Waals surface area contributed by atoms with Gasteiger partial charge in [-0.3, -0.25) is 10.6 Å². The lowest BCUT2D eigenvalue weighted by molar-refractivity contribution is 0.102. The van der Waals surface area contributed by atoms with E-state index in [0.717, 1.165) is 0 Å². The topological polar surface area (TPSA) is 80.0 Å². The van der Waals surface area contributed by atoms with Crippen LogP contribution in [0, 0.1) is 0 Å². The molecule has 20 heavy (non-hydrogen) atoms. The summed E-state index contributed by atoms with van der Waals surface area (Å²) < 4.78 is 0. The van der Waals surface area contributed by atoms with Crippen molar-refractivity contribution in [3.8, 4) is 0 Å². The SMILES string of the molecule is NNc1ccc(C(=O)Nc2c(Cl)cc(Cl)cc2Cl)nc1. The number of nitrogens with one attached hydrogen (secondary N) is 2. The van der Waals surface area contributed by atoms with Gasteiger partial charge in [-0.15, -0.1) is 0 Å². The van der Waals surface area contributed by atoms with Crippen molar-refractivity contribution in [2.45, 2.75) is 0 Å². The third kappa shape index (κ3) is 3.32. The van der Waals surface area contributed by atoms with Crippen LogP contribution in [0.3, 0.4) is 0 Å². The van der Waals surface area contributed by atoms with E-state index in [2.05, 4.69) is 15.7 Å². The number of carbonyl (C=O) groups is 1. The van der Waals surface area contributed by atoms with Crippen molar-refractivity contribution in [2.75, 3.05) is 10.7 Å². The number of nitrogens with zero attached hydrogens (tertiary/aromatic N) is 1. The Morgan fingerprint density at radius 3 is 2.30 bits per heavy atom. The summed E-state index contributed by atoms with van der Waals surface area (Å²) in [5.74, 6) is 4.77. The lowest BCUT2D eigenvalue weighted by Crippen LogP contribution is -2.15. The summed E-state index contributed by atoms with van der Waals surface area (Å²) in [5, 5.41) is 3.46. The quantitative estimate of drug-likeness (QED) is 0.593. The van der Waals surface area contributed by atoms with E-state index in [1.165, 1.54) is 24.4 Å². The number of hydrogen-bond donors (Lipinski definition) is 3. The summed E-state index contributed by atoms with van der Waals surface area (Å²) in [7, 11) is 0. The number of rotatable bonds is 3. The van der Waals surface area contributed by atoms with Crippen molar-refractivity contribution >= 4 is 52.1 Å². The van der Waals surface area contributed by atoms with Crippen LogP contribution >= 0.6 is 34.8 Å². The van der Waals surface area contributed by atoms with Crippen LogP contribution in [-0.2, 0) is 0 Å². The molecule has 1 amide bonds. The van der Waals surface area contributed by atoms with Crippen molar-refractivity contribution in [1.82, 2.24) is 4.98 Å². The zero-order valence-electron chi connectivity index (χ0n) is 9.95. The molecule has 5 nitrogen and oxygen atoms in total. The number of hydrogen-bond acceptors (Lipinski definition) is 4. The molecule has 0 spiro atoms. The normalized spacial score (nSPS) is 10.2. The number of carbonyl (C=O) groups excluding carboxylic acids is 1. The molecule has 0 atom stereocenters. The molecule has 1 heterocycles. The van der Waals surface area contributed by atoms with E-state index >= 15 is 0 Å². The summed E-state index contributed by atoms with van der Waals surface area (Å²) in [6.45, 7) is 0. The number of amides is 1. The van der Waals surface area contributed by atoms with Crippen molar-refractivity contribution in [3.63, 3.8) is 0 Å². The second-order valence-corrected chi connectivity index (χ2v) is 5.03. The Hall–Kier alpha value is -1.53. The van der Waals surface area contributed by atoms with Crippen LogP contribution in [0.4, 0.5) is 11.4 Å². The number of halogens is 3. The van der Waals surface area contributed by atoms with E-state index in [9.17, 15) is 4.79 Å². The second-order valence-electron chi connectivity index (χ2n) is 3.78. The van der Waals surface area contributed by atoms with Gasteiger partial charge in [0.2, 0.25) is 0 Å². The number of anilines is 2. The van der Waals surface area contributed by atoms with Gasteiger partial charge in [0.15, 0.2) is 0 Å². The van der Waals surface area contributed by atoms with Crippen molar-refractivity contribution in [1.29, 1.82) is 0 Å². The first kappa shape index (κ1) is 14.9. The van der Waals surface area contributed by atoms with Gasteiger partial charge in [-0.05, 0) is 24.3 Å². The standard InChI is InChI=1S/C12H9Cl3N4O/c13-6-3-8(14)11(9(15)4-6)18-12(20)10-2-1-7(19-16)5-17-10/h1-5,19H,16H2,(H,18,20). The Balaban J connectivity index is 2.23. The predicted molar refractivity (Wildman–Crippen MR) is 81.5 cm³/mol. The van der Waals surface area contributed by atoms with Crippen LogP contribution in [0.15, 0.2) is 30.5 Å². The summed E-state index contributed by atoms with van der Waals surface area (Å²) in [6.07, 6.45) is 1.43. The fourth-order valence-electron chi connectivity index (χ4n) is 1.45. The maximum absolute atomic E-state index is 12.0. The van der Waals surface area contributed by atoms with E-state index in [1.807, 2.05) is 0 Å². The van der Waals surface area contributed by atoms with Crippen LogP contribution in [0.1, 0.15) is 10.5 Å². The number of pyridine rings is 1. The van der Waals surface area contributed by atoms with Crippen LogP contribution < -0.4 is 16.6 Å². The molecule has 0 aliphatic rings. The highest BCUT2D eigenvalue weighted by Gasteiger charge is 2.13. The van der Waals surface area contributed by atoms with E-state index < -0.39 is 5.91 Å². The average molecular weight is 332 g/mol. The van der Waals surface area contributed by atoms with Gasteiger partial charge in [0, 0.05) is 5.02 Å².